The van der Waals surface area contributed by atoms with Gasteiger partial charge >= 0.3 is 0 Å². The Morgan fingerprint density at radius 3 is 1.45 bits per heavy atom. The lowest BCUT2D eigenvalue weighted by Gasteiger charge is -2.08. The molecule has 0 amide bonds. The summed E-state index contributed by atoms with van der Waals surface area (Å²) in [5, 5.41) is 18.1. The van der Waals surface area contributed by atoms with E-state index in [1.165, 1.54) is 21.6 Å². The second-order valence-corrected chi connectivity index (χ2v) is 6.44. The summed E-state index contributed by atoms with van der Waals surface area (Å²) in [5.74, 6) is 0. The molecule has 20 heavy (non-hydrogen) atoms. The monoisotopic (exact) mass is 308 g/mol. The number of aliphatic hydroxyl groups is 2. The molecule has 0 spiro atoms. The van der Waals surface area contributed by atoms with Crippen LogP contribution in [0.3, 0.4) is 0 Å². The molecule has 4 nitrogen and oxygen atoms in total. The van der Waals surface area contributed by atoms with Crippen LogP contribution in [-0.2, 0) is 13.2 Å². The van der Waals surface area contributed by atoms with Gasteiger partial charge in [-0.3, -0.25) is 0 Å². The van der Waals surface area contributed by atoms with E-state index in [2.05, 4.69) is 0 Å². The summed E-state index contributed by atoms with van der Waals surface area (Å²) < 4.78 is 0. The molecule has 0 saturated carbocycles. The van der Waals surface area contributed by atoms with Crippen LogP contribution >= 0.6 is 21.6 Å². The van der Waals surface area contributed by atoms with Crippen molar-refractivity contribution in [3.8, 4) is 0 Å². The van der Waals surface area contributed by atoms with E-state index in [1.54, 1.807) is 12.1 Å². The maximum Gasteiger partial charge on any atom is 0.0682 e. The highest BCUT2D eigenvalue weighted by Crippen LogP contribution is 2.42. The third kappa shape index (κ3) is 3.61. The van der Waals surface area contributed by atoms with Crippen LogP contribution in [0.2, 0.25) is 0 Å². The van der Waals surface area contributed by atoms with Crippen molar-refractivity contribution >= 4 is 33.0 Å². The fourth-order valence-electron chi connectivity index (χ4n) is 1.63. The highest BCUT2D eigenvalue weighted by atomic mass is 33.1. The lowest BCUT2D eigenvalue weighted by molar-refractivity contribution is 0.281. The van der Waals surface area contributed by atoms with E-state index >= 15 is 0 Å². The zero-order chi connectivity index (χ0) is 14.5. The Balaban J connectivity index is 2.09. The number of benzene rings is 2. The number of nitrogens with two attached hydrogens (primary N) is 2. The van der Waals surface area contributed by atoms with Crippen LogP contribution in [0.4, 0.5) is 11.4 Å². The van der Waals surface area contributed by atoms with Crippen LogP contribution in [0.1, 0.15) is 11.1 Å². The summed E-state index contributed by atoms with van der Waals surface area (Å²) in [5.41, 5.74) is 14.7. The van der Waals surface area contributed by atoms with Gasteiger partial charge in [-0.05, 0) is 35.4 Å². The van der Waals surface area contributed by atoms with Gasteiger partial charge < -0.3 is 21.7 Å². The zero-order valence-corrected chi connectivity index (χ0v) is 12.4. The first-order valence-electron chi connectivity index (χ1n) is 5.97. The number of aliphatic hydroxyl groups excluding tert-OH is 2. The van der Waals surface area contributed by atoms with Gasteiger partial charge in [-0.25, -0.2) is 0 Å². The molecule has 0 bridgehead atoms. The van der Waals surface area contributed by atoms with Crippen LogP contribution in [0.15, 0.2) is 46.2 Å². The first-order valence-corrected chi connectivity index (χ1v) is 8.12. The summed E-state index contributed by atoms with van der Waals surface area (Å²) in [6, 6.07) is 11.0. The second kappa shape index (κ2) is 6.90. The maximum absolute atomic E-state index is 9.04. The lowest BCUT2D eigenvalue weighted by atomic mass is 10.2. The molecule has 0 radical (unpaired) electrons. The minimum absolute atomic E-state index is 0.0160. The Morgan fingerprint density at radius 1 is 0.750 bits per heavy atom. The highest BCUT2D eigenvalue weighted by Gasteiger charge is 2.06. The van der Waals surface area contributed by atoms with Gasteiger partial charge in [0, 0.05) is 21.2 Å². The second-order valence-electron chi connectivity index (χ2n) is 4.23. The average molecular weight is 308 g/mol. The Hall–Kier alpha value is -1.34. The van der Waals surface area contributed by atoms with Crippen molar-refractivity contribution in [1.82, 2.24) is 0 Å². The van der Waals surface area contributed by atoms with Crippen molar-refractivity contribution in [1.29, 1.82) is 0 Å². The van der Waals surface area contributed by atoms with Gasteiger partial charge in [-0.2, -0.15) is 0 Å². The third-order valence-corrected chi connectivity index (χ3v) is 5.25. The zero-order valence-electron chi connectivity index (χ0n) is 10.7. The topological polar surface area (TPSA) is 92.5 Å². The van der Waals surface area contributed by atoms with Crippen molar-refractivity contribution < 1.29 is 10.2 Å². The average Bonchev–Trinajstić information content (AvgIpc) is 2.46. The number of hydrogen-bond donors (Lipinski definition) is 4. The van der Waals surface area contributed by atoms with Crippen molar-refractivity contribution in [2.24, 2.45) is 0 Å². The minimum Gasteiger partial charge on any atom is -0.398 e. The standard InChI is InChI=1S/C14H16N2O2S2/c15-11-5-9(7-17)1-3-13(11)19-20-14-4-2-10(8-18)6-12(14)16/h1-6,17-18H,7-8,15-16H2. The van der Waals surface area contributed by atoms with Crippen LogP contribution in [-0.4, -0.2) is 10.2 Å². The SMILES string of the molecule is Nc1cc(CO)ccc1SSc1ccc(CO)cc1N. The van der Waals surface area contributed by atoms with Crippen molar-refractivity contribution in [2.45, 2.75) is 23.0 Å². The molecule has 106 valence electrons. The molecule has 2 rings (SSSR count). The molecule has 0 atom stereocenters. The first kappa shape index (κ1) is 15.1. The molecule has 0 fully saturated rings. The Bertz CT molecular complexity index is 552. The number of anilines is 2. The van der Waals surface area contributed by atoms with E-state index in [-0.39, 0.29) is 13.2 Å². The molecule has 0 saturated heterocycles. The quantitative estimate of drug-likeness (QED) is 0.501. The van der Waals surface area contributed by atoms with Gasteiger partial charge in [0.15, 0.2) is 0 Å². The minimum atomic E-state index is -0.0160. The Morgan fingerprint density at radius 2 is 1.15 bits per heavy atom. The molecular weight excluding hydrogens is 292 g/mol. The maximum atomic E-state index is 9.04. The molecule has 2 aromatic carbocycles. The Kier molecular flexibility index (Phi) is 5.19. The predicted octanol–water partition coefficient (Wildman–Crippen LogP) is 2.63. The molecule has 0 unspecified atom stereocenters. The van der Waals surface area contributed by atoms with Gasteiger partial charge in [0.25, 0.3) is 0 Å². The molecule has 2 aromatic rings. The van der Waals surface area contributed by atoms with Gasteiger partial charge in [0.1, 0.15) is 0 Å². The van der Waals surface area contributed by atoms with Crippen LogP contribution in [0.5, 0.6) is 0 Å². The molecular formula is C14H16N2O2S2. The van der Waals surface area contributed by atoms with Crippen LogP contribution in [0, 0.1) is 0 Å². The van der Waals surface area contributed by atoms with E-state index < -0.39 is 0 Å². The lowest BCUT2D eigenvalue weighted by Crippen LogP contribution is -1.92. The fourth-order valence-corrected chi connectivity index (χ4v) is 3.82. The van der Waals surface area contributed by atoms with Crippen molar-refractivity contribution in [3.05, 3.63) is 47.5 Å². The van der Waals surface area contributed by atoms with Gasteiger partial charge in [0.05, 0.1) is 13.2 Å². The molecule has 0 aliphatic carbocycles. The molecule has 6 N–H and O–H groups in total. The molecule has 0 heterocycles. The Labute approximate surface area is 125 Å². The summed E-state index contributed by atoms with van der Waals surface area (Å²) in [6.07, 6.45) is 0. The fraction of sp³-hybridized carbons (Fsp3) is 0.143. The molecule has 0 aromatic heterocycles. The summed E-state index contributed by atoms with van der Waals surface area (Å²) in [6.45, 7) is -0.0320. The van der Waals surface area contributed by atoms with E-state index in [4.69, 9.17) is 21.7 Å². The normalized spacial score (nSPS) is 10.7. The van der Waals surface area contributed by atoms with Crippen LogP contribution < -0.4 is 11.5 Å². The third-order valence-electron chi connectivity index (χ3n) is 2.73. The van der Waals surface area contributed by atoms with Crippen LogP contribution in [0.25, 0.3) is 0 Å². The first-order chi connectivity index (χ1) is 9.63. The highest BCUT2D eigenvalue weighted by molar-refractivity contribution is 8.76. The largest absolute Gasteiger partial charge is 0.398 e. The smallest absolute Gasteiger partial charge is 0.0682 e. The van der Waals surface area contributed by atoms with Crippen molar-refractivity contribution in [3.63, 3.8) is 0 Å². The van der Waals surface area contributed by atoms with Gasteiger partial charge in [-0.15, -0.1) is 0 Å². The molecule has 0 aliphatic heterocycles. The molecule has 0 aliphatic rings. The van der Waals surface area contributed by atoms with Gasteiger partial charge in [-0.1, -0.05) is 33.7 Å². The number of nitrogen functional groups attached to an aromatic ring is 2. The van der Waals surface area contributed by atoms with Crippen molar-refractivity contribution in [2.75, 3.05) is 11.5 Å². The van der Waals surface area contributed by atoms with E-state index in [0.29, 0.717) is 11.4 Å². The number of hydrogen-bond acceptors (Lipinski definition) is 6. The number of rotatable bonds is 5. The summed E-state index contributed by atoms with van der Waals surface area (Å²) in [7, 11) is 3.03. The van der Waals surface area contributed by atoms with Gasteiger partial charge in [0.2, 0.25) is 0 Å². The van der Waals surface area contributed by atoms with E-state index in [1.807, 2.05) is 24.3 Å². The summed E-state index contributed by atoms with van der Waals surface area (Å²) >= 11 is 0. The molecule has 6 heteroatoms. The van der Waals surface area contributed by atoms with E-state index in [0.717, 1.165) is 20.9 Å². The van der Waals surface area contributed by atoms with E-state index in [9.17, 15) is 0 Å². The summed E-state index contributed by atoms with van der Waals surface area (Å²) in [4.78, 5) is 1.86. The predicted molar refractivity (Wildman–Crippen MR) is 85.3 cm³/mol.